The molecule has 0 radical (unpaired) electrons. The monoisotopic (exact) mass is 703 g/mol. The summed E-state index contributed by atoms with van der Waals surface area (Å²) in [6.45, 7) is 0. The fraction of sp³-hybridized carbons (Fsp3) is 0. The number of benzene rings is 10. The van der Waals surface area contributed by atoms with Crippen molar-refractivity contribution in [2.24, 2.45) is 0 Å². The summed E-state index contributed by atoms with van der Waals surface area (Å²) in [5.74, 6) is 0. The molecular formula is C54H37N. The Kier molecular flexibility index (Phi) is 7.19. The maximum absolute atomic E-state index is 9.46. The maximum atomic E-state index is 9.46. The highest BCUT2D eigenvalue weighted by atomic mass is 15.1. The van der Waals surface area contributed by atoms with Gasteiger partial charge in [-0.25, -0.2) is 0 Å². The average Bonchev–Trinajstić information content (AvgIpc) is 3.30. The lowest BCUT2D eigenvalue weighted by atomic mass is 9.84. The molecule has 0 atom stereocenters. The number of anilines is 3. The number of hydrogen-bond donors (Lipinski definition) is 0. The van der Waals surface area contributed by atoms with E-state index in [-0.39, 0.29) is 35.4 Å². The summed E-state index contributed by atoms with van der Waals surface area (Å²) in [5, 5.41) is 7.05. The summed E-state index contributed by atoms with van der Waals surface area (Å²) in [6, 6.07) is 67.7. The zero-order valence-electron chi connectivity index (χ0n) is 34.0. The third kappa shape index (κ3) is 6.02. The van der Waals surface area contributed by atoms with E-state index in [9.17, 15) is 5.48 Å². The van der Waals surface area contributed by atoms with Gasteiger partial charge in [0.2, 0.25) is 0 Å². The summed E-state index contributed by atoms with van der Waals surface area (Å²) < 4.78 is 37.4. The van der Waals surface area contributed by atoms with Gasteiger partial charge in [-0.05, 0) is 119 Å². The van der Waals surface area contributed by atoms with Crippen LogP contribution in [-0.2, 0) is 0 Å². The van der Waals surface area contributed by atoms with Crippen LogP contribution < -0.4 is 4.90 Å². The summed E-state index contributed by atoms with van der Waals surface area (Å²) in [4.78, 5) is 1.87. The van der Waals surface area contributed by atoms with Crippen LogP contribution in [0, 0.1) is 0 Å². The van der Waals surface area contributed by atoms with Gasteiger partial charge in [-0.15, -0.1) is 0 Å². The normalized spacial score (nSPS) is 12.3. The van der Waals surface area contributed by atoms with Crippen molar-refractivity contribution in [1.82, 2.24) is 0 Å². The maximum Gasteiger partial charge on any atom is 0.0645 e. The van der Waals surface area contributed by atoms with E-state index in [1.807, 2.05) is 83.8 Å². The molecule has 55 heavy (non-hydrogen) atoms. The Balaban J connectivity index is 1.20. The standard InChI is InChI=1S/C54H37N/c1-3-14-38(15-4-1)41-28-32-46(33-29-41)55(48-21-13-20-44(37-48)39-16-5-2-6-17-39)47-34-30-42(31-35-47)53-51-24-11-9-22-49(51)50-23-10-12-25-52(50)54(53)45-27-26-40-18-7-8-19-43(40)36-45/h1-37H/i28D,29D,32D,33D. The average molecular weight is 704 g/mol. The number of hydrogen-bond acceptors (Lipinski definition) is 1. The molecule has 0 spiro atoms. The van der Waals surface area contributed by atoms with Crippen molar-refractivity contribution in [1.29, 1.82) is 0 Å². The van der Waals surface area contributed by atoms with E-state index in [1.54, 1.807) is 0 Å². The molecule has 0 N–H and O–H groups in total. The second-order valence-electron chi connectivity index (χ2n) is 13.8. The Morgan fingerprint density at radius 2 is 0.782 bits per heavy atom. The minimum atomic E-state index is -0.113. The Morgan fingerprint density at radius 3 is 1.44 bits per heavy atom. The van der Waals surface area contributed by atoms with E-state index in [0.29, 0.717) is 11.3 Å². The van der Waals surface area contributed by atoms with E-state index in [0.717, 1.165) is 44.5 Å². The van der Waals surface area contributed by atoms with E-state index in [4.69, 9.17) is 0 Å². The molecule has 0 saturated heterocycles. The summed E-state index contributed by atoms with van der Waals surface area (Å²) in [7, 11) is 0. The number of nitrogens with zero attached hydrogens (tertiary/aromatic N) is 1. The molecule has 1 heteroatoms. The zero-order chi connectivity index (χ0) is 40.0. The minimum absolute atomic E-state index is 0.0873. The number of fused-ring (bicyclic) bond motifs is 4. The lowest BCUT2D eigenvalue weighted by molar-refractivity contribution is 1.28. The molecule has 10 rings (SSSR count). The topological polar surface area (TPSA) is 3.24 Å². The van der Waals surface area contributed by atoms with Gasteiger partial charge < -0.3 is 4.90 Å². The second kappa shape index (κ2) is 14.0. The molecule has 0 aliphatic rings. The first kappa shape index (κ1) is 28.3. The first-order valence-electron chi connectivity index (χ1n) is 20.6. The molecule has 0 saturated carbocycles. The van der Waals surface area contributed by atoms with Crippen molar-refractivity contribution < 1.29 is 5.48 Å². The molecule has 1 nitrogen and oxygen atoms in total. The van der Waals surface area contributed by atoms with Gasteiger partial charge >= 0.3 is 0 Å². The van der Waals surface area contributed by atoms with Crippen molar-refractivity contribution in [2.45, 2.75) is 0 Å². The molecule has 0 bridgehead atoms. The van der Waals surface area contributed by atoms with Gasteiger partial charge in [-0.1, -0.05) is 182 Å². The van der Waals surface area contributed by atoms with Crippen LogP contribution in [0.25, 0.3) is 76.8 Å². The van der Waals surface area contributed by atoms with Gasteiger partial charge in [-0.3, -0.25) is 0 Å². The Bertz CT molecular complexity index is 3170. The molecule has 0 aliphatic heterocycles. The van der Waals surface area contributed by atoms with Crippen molar-refractivity contribution in [3.05, 3.63) is 224 Å². The van der Waals surface area contributed by atoms with Gasteiger partial charge in [0.15, 0.2) is 0 Å². The number of rotatable bonds is 7. The summed E-state index contributed by atoms with van der Waals surface area (Å²) in [5.41, 5.74) is 8.98. The fourth-order valence-electron chi connectivity index (χ4n) is 7.89. The van der Waals surface area contributed by atoms with E-state index < -0.39 is 0 Å². The highest BCUT2D eigenvalue weighted by Crippen LogP contribution is 2.46. The SMILES string of the molecule is [2H]c1c([2H])c(N(c2ccc(-c3c(-c4ccc5ccccc5c4)c4ccccc4c4ccccc34)cc2)c2cccc(-c3ccccc3)c2)c([2H])c([2H])c1-c1ccccc1. The van der Waals surface area contributed by atoms with Crippen LogP contribution in [0.2, 0.25) is 0 Å². The lowest BCUT2D eigenvalue weighted by Crippen LogP contribution is -2.10. The molecule has 10 aromatic carbocycles. The van der Waals surface area contributed by atoms with E-state index in [1.165, 1.54) is 26.9 Å². The predicted octanol–water partition coefficient (Wildman–Crippen LogP) is 15.3. The first-order valence-corrected chi connectivity index (χ1v) is 18.6. The van der Waals surface area contributed by atoms with E-state index in [2.05, 4.69) is 121 Å². The second-order valence-corrected chi connectivity index (χ2v) is 13.8. The lowest BCUT2D eigenvalue weighted by Gasteiger charge is -2.27. The van der Waals surface area contributed by atoms with Crippen molar-refractivity contribution >= 4 is 49.4 Å². The molecular weight excluding hydrogens is 663 g/mol. The van der Waals surface area contributed by atoms with Gasteiger partial charge in [-0.2, -0.15) is 0 Å². The van der Waals surface area contributed by atoms with Gasteiger partial charge in [0.05, 0.1) is 5.48 Å². The Labute approximate surface area is 327 Å². The third-order valence-corrected chi connectivity index (χ3v) is 10.5. The highest BCUT2D eigenvalue weighted by Gasteiger charge is 2.19. The van der Waals surface area contributed by atoms with Gasteiger partial charge in [0.1, 0.15) is 0 Å². The van der Waals surface area contributed by atoms with Crippen LogP contribution in [0.1, 0.15) is 5.48 Å². The van der Waals surface area contributed by atoms with Crippen molar-refractivity contribution in [3.63, 3.8) is 0 Å². The zero-order valence-corrected chi connectivity index (χ0v) is 30.0. The molecule has 10 aromatic rings. The van der Waals surface area contributed by atoms with Crippen LogP contribution in [0.4, 0.5) is 17.1 Å². The fourth-order valence-corrected chi connectivity index (χ4v) is 7.89. The third-order valence-electron chi connectivity index (χ3n) is 10.5. The van der Waals surface area contributed by atoms with E-state index >= 15 is 0 Å². The summed E-state index contributed by atoms with van der Waals surface area (Å²) >= 11 is 0. The van der Waals surface area contributed by atoms with Crippen LogP contribution in [0.15, 0.2) is 224 Å². The van der Waals surface area contributed by atoms with Gasteiger partial charge in [0.25, 0.3) is 0 Å². The minimum Gasteiger partial charge on any atom is -0.310 e. The van der Waals surface area contributed by atoms with Crippen LogP contribution >= 0.6 is 0 Å². The molecule has 0 unspecified atom stereocenters. The Morgan fingerprint density at radius 1 is 0.273 bits per heavy atom. The largest absolute Gasteiger partial charge is 0.310 e. The van der Waals surface area contributed by atoms with Crippen LogP contribution in [0.5, 0.6) is 0 Å². The summed E-state index contributed by atoms with van der Waals surface area (Å²) in [6.07, 6.45) is 0. The van der Waals surface area contributed by atoms with Crippen molar-refractivity contribution in [3.8, 4) is 44.5 Å². The van der Waals surface area contributed by atoms with Crippen LogP contribution in [-0.4, -0.2) is 0 Å². The Hall–Kier alpha value is -7.22. The molecule has 0 heterocycles. The molecule has 0 fully saturated rings. The van der Waals surface area contributed by atoms with Crippen molar-refractivity contribution in [2.75, 3.05) is 4.90 Å². The highest BCUT2D eigenvalue weighted by molar-refractivity contribution is 6.22. The van der Waals surface area contributed by atoms with Crippen LogP contribution in [0.3, 0.4) is 0 Å². The van der Waals surface area contributed by atoms with Gasteiger partial charge in [0, 0.05) is 17.1 Å². The predicted molar refractivity (Wildman–Crippen MR) is 235 cm³/mol. The molecule has 0 amide bonds. The molecule has 258 valence electrons. The molecule has 0 aromatic heterocycles. The first-order chi connectivity index (χ1) is 29.0. The quantitative estimate of drug-likeness (QED) is 0.149. The smallest absolute Gasteiger partial charge is 0.0645 e. The molecule has 0 aliphatic carbocycles.